The molecule has 0 amide bonds. The SMILES string of the molecule is O=c1[nH]c(C2CC2)nc2c1CN(Cc1cccc(Br)c1)CC2. The highest BCUT2D eigenvalue weighted by atomic mass is 79.9. The zero-order valence-electron chi connectivity index (χ0n) is 12.3. The first-order valence-corrected chi connectivity index (χ1v) is 8.57. The molecule has 0 radical (unpaired) electrons. The van der Waals surface area contributed by atoms with Crippen LogP contribution in [0.4, 0.5) is 0 Å². The molecule has 0 bridgehead atoms. The first kappa shape index (κ1) is 14.2. The van der Waals surface area contributed by atoms with Gasteiger partial charge in [-0.15, -0.1) is 0 Å². The molecule has 2 heterocycles. The molecule has 0 atom stereocenters. The van der Waals surface area contributed by atoms with Crippen LogP contribution in [0, 0.1) is 0 Å². The van der Waals surface area contributed by atoms with Crippen LogP contribution in [0.3, 0.4) is 0 Å². The standard InChI is InChI=1S/C17H18BrN3O/c18-13-3-1-2-11(8-13)9-21-7-6-15-14(10-21)17(22)20-16(19-15)12-4-5-12/h1-3,8,12H,4-7,9-10H2,(H,19,20,22). The lowest BCUT2D eigenvalue weighted by molar-refractivity contribution is 0.241. The van der Waals surface area contributed by atoms with Gasteiger partial charge >= 0.3 is 0 Å². The van der Waals surface area contributed by atoms with Crippen LogP contribution in [0.5, 0.6) is 0 Å². The third-order valence-electron chi connectivity index (χ3n) is 4.43. The van der Waals surface area contributed by atoms with E-state index in [1.807, 2.05) is 12.1 Å². The Morgan fingerprint density at radius 1 is 1.36 bits per heavy atom. The second-order valence-corrected chi connectivity index (χ2v) is 7.16. The van der Waals surface area contributed by atoms with Crippen LogP contribution in [-0.4, -0.2) is 21.4 Å². The molecule has 22 heavy (non-hydrogen) atoms. The number of fused-ring (bicyclic) bond motifs is 1. The molecule has 0 saturated heterocycles. The van der Waals surface area contributed by atoms with E-state index in [1.165, 1.54) is 5.56 Å². The van der Waals surface area contributed by atoms with E-state index >= 15 is 0 Å². The van der Waals surface area contributed by atoms with Crippen molar-refractivity contribution in [1.29, 1.82) is 0 Å². The normalized spacial score (nSPS) is 18.2. The lowest BCUT2D eigenvalue weighted by Gasteiger charge is -2.27. The van der Waals surface area contributed by atoms with Gasteiger partial charge in [-0.25, -0.2) is 4.98 Å². The highest BCUT2D eigenvalue weighted by Gasteiger charge is 2.29. The molecular formula is C17H18BrN3O. The number of benzene rings is 1. The van der Waals surface area contributed by atoms with Crippen molar-refractivity contribution < 1.29 is 0 Å². The summed E-state index contributed by atoms with van der Waals surface area (Å²) < 4.78 is 1.09. The summed E-state index contributed by atoms with van der Waals surface area (Å²) in [6, 6.07) is 8.34. The highest BCUT2D eigenvalue weighted by Crippen LogP contribution is 2.37. The molecule has 1 fully saturated rings. The van der Waals surface area contributed by atoms with Crippen LogP contribution in [0.2, 0.25) is 0 Å². The molecule has 5 heteroatoms. The maximum absolute atomic E-state index is 12.3. The molecule has 1 saturated carbocycles. The van der Waals surface area contributed by atoms with E-state index in [4.69, 9.17) is 4.98 Å². The maximum Gasteiger partial charge on any atom is 0.255 e. The van der Waals surface area contributed by atoms with Gasteiger partial charge in [0.2, 0.25) is 0 Å². The molecule has 114 valence electrons. The fourth-order valence-electron chi connectivity index (χ4n) is 3.08. The van der Waals surface area contributed by atoms with Crippen molar-refractivity contribution in [2.45, 2.75) is 38.3 Å². The Labute approximate surface area is 137 Å². The minimum atomic E-state index is 0.0610. The van der Waals surface area contributed by atoms with Gasteiger partial charge in [0.15, 0.2) is 0 Å². The van der Waals surface area contributed by atoms with Gasteiger partial charge in [-0.2, -0.15) is 0 Å². The molecule has 1 aliphatic carbocycles. The molecule has 1 aliphatic heterocycles. The van der Waals surface area contributed by atoms with Gasteiger partial charge in [-0.05, 0) is 30.5 Å². The van der Waals surface area contributed by atoms with Crippen molar-refractivity contribution in [3.8, 4) is 0 Å². The van der Waals surface area contributed by atoms with Crippen LogP contribution < -0.4 is 5.56 Å². The zero-order valence-corrected chi connectivity index (χ0v) is 13.9. The first-order valence-electron chi connectivity index (χ1n) is 7.78. The molecule has 2 aromatic rings. The van der Waals surface area contributed by atoms with Gasteiger partial charge in [-0.3, -0.25) is 9.69 Å². The number of rotatable bonds is 3. The average molecular weight is 360 g/mol. The van der Waals surface area contributed by atoms with Crippen LogP contribution >= 0.6 is 15.9 Å². The first-order chi connectivity index (χ1) is 10.7. The van der Waals surface area contributed by atoms with Gasteiger partial charge in [0.25, 0.3) is 5.56 Å². The number of nitrogens with one attached hydrogen (secondary N) is 1. The van der Waals surface area contributed by atoms with Crippen LogP contribution in [0.1, 0.15) is 41.4 Å². The van der Waals surface area contributed by atoms with E-state index < -0.39 is 0 Å². The largest absolute Gasteiger partial charge is 0.310 e. The van der Waals surface area contributed by atoms with E-state index in [1.54, 1.807) is 0 Å². The van der Waals surface area contributed by atoms with Crippen LogP contribution in [-0.2, 0) is 19.5 Å². The second-order valence-electron chi connectivity index (χ2n) is 6.24. The molecule has 4 nitrogen and oxygen atoms in total. The fraction of sp³-hybridized carbons (Fsp3) is 0.412. The molecule has 1 N–H and O–H groups in total. The summed E-state index contributed by atoms with van der Waals surface area (Å²) in [5.74, 6) is 1.40. The molecule has 4 rings (SSSR count). The Morgan fingerprint density at radius 2 is 2.23 bits per heavy atom. The smallest absolute Gasteiger partial charge is 0.255 e. The minimum Gasteiger partial charge on any atom is -0.310 e. The number of halogens is 1. The fourth-order valence-corrected chi connectivity index (χ4v) is 3.53. The van der Waals surface area contributed by atoms with Crippen molar-refractivity contribution in [3.05, 3.63) is 61.7 Å². The number of hydrogen-bond acceptors (Lipinski definition) is 3. The van der Waals surface area contributed by atoms with Crippen LogP contribution in [0.25, 0.3) is 0 Å². The van der Waals surface area contributed by atoms with E-state index in [-0.39, 0.29) is 5.56 Å². The third-order valence-corrected chi connectivity index (χ3v) is 4.92. The van der Waals surface area contributed by atoms with E-state index in [9.17, 15) is 4.79 Å². The summed E-state index contributed by atoms with van der Waals surface area (Å²) >= 11 is 3.51. The van der Waals surface area contributed by atoms with Gasteiger partial charge in [0, 0.05) is 36.4 Å². The number of aromatic amines is 1. The van der Waals surface area contributed by atoms with Crippen molar-refractivity contribution >= 4 is 15.9 Å². The maximum atomic E-state index is 12.3. The predicted octanol–water partition coefficient (Wildman–Crippen LogP) is 2.97. The van der Waals surface area contributed by atoms with Crippen molar-refractivity contribution in [2.24, 2.45) is 0 Å². The number of H-pyrrole nitrogens is 1. The van der Waals surface area contributed by atoms with Crippen molar-refractivity contribution in [2.75, 3.05) is 6.54 Å². The molecule has 1 aromatic heterocycles. The molecule has 0 spiro atoms. The summed E-state index contributed by atoms with van der Waals surface area (Å²) in [5, 5.41) is 0. The third kappa shape index (κ3) is 2.88. The molecular weight excluding hydrogens is 342 g/mol. The lowest BCUT2D eigenvalue weighted by atomic mass is 10.1. The topological polar surface area (TPSA) is 49.0 Å². The summed E-state index contributed by atoms with van der Waals surface area (Å²) in [5.41, 5.74) is 3.18. The Hall–Kier alpha value is -1.46. The second kappa shape index (κ2) is 5.63. The zero-order chi connectivity index (χ0) is 15.1. The molecule has 0 unspecified atom stereocenters. The number of aromatic nitrogens is 2. The van der Waals surface area contributed by atoms with Crippen molar-refractivity contribution in [3.63, 3.8) is 0 Å². The number of hydrogen-bond donors (Lipinski definition) is 1. The Bertz CT molecular complexity index is 767. The van der Waals surface area contributed by atoms with Gasteiger partial charge in [0.05, 0.1) is 11.3 Å². The molecule has 1 aromatic carbocycles. The average Bonchev–Trinajstić information content (AvgIpc) is 3.32. The predicted molar refractivity (Wildman–Crippen MR) is 88.8 cm³/mol. The summed E-state index contributed by atoms with van der Waals surface area (Å²) in [4.78, 5) is 22.3. The van der Waals surface area contributed by atoms with Gasteiger partial charge < -0.3 is 4.98 Å². The lowest BCUT2D eigenvalue weighted by Crippen LogP contribution is -2.35. The van der Waals surface area contributed by atoms with Crippen molar-refractivity contribution in [1.82, 2.24) is 14.9 Å². The summed E-state index contributed by atoms with van der Waals surface area (Å²) in [7, 11) is 0. The summed E-state index contributed by atoms with van der Waals surface area (Å²) in [6.07, 6.45) is 3.19. The van der Waals surface area contributed by atoms with E-state index in [0.29, 0.717) is 12.5 Å². The molecule has 2 aliphatic rings. The Balaban J connectivity index is 1.55. The quantitative estimate of drug-likeness (QED) is 0.916. The summed E-state index contributed by atoms with van der Waals surface area (Å²) in [6.45, 7) is 2.51. The van der Waals surface area contributed by atoms with Gasteiger partial charge in [-0.1, -0.05) is 28.1 Å². The highest BCUT2D eigenvalue weighted by molar-refractivity contribution is 9.10. The van der Waals surface area contributed by atoms with Gasteiger partial charge in [0.1, 0.15) is 5.82 Å². The Morgan fingerprint density at radius 3 is 3.00 bits per heavy atom. The minimum absolute atomic E-state index is 0.0610. The van der Waals surface area contributed by atoms with E-state index in [2.05, 4.69) is 37.9 Å². The monoisotopic (exact) mass is 359 g/mol. The van der Waals surface area contributed by atoms with Crippen LogP contribution in [0.15, 0.2) is 33.5 Å². The number of nitrogens with zero attached hydrogens (tertiary/aromatic N) is 2. The van der Waals surface area contributed by atoms with E-state index in [0.717, 1.165) is 53.9 Å². The Kier molecular flexibility index (Phi) is 3.62.